The van der Waals surface area contributed by atoms with E-state index in [0.29, 0.717) is 15.7 Å². The molecule has 0 saturated carbocycles. The lowest BCUT2D eigenvalue weighted by atomic mass is 10.1. The Morgan fingerprint density at radius 1 is 1.12 bits per heavy atom. The Labute approximate surface area is 100 Å². The van der Waals surface area contributed by atoms with Crippen molar-refractivity contribution in [1.29, 1.82) is 5.26 Å². The maximum Gasteiger partial charge on any atom is 0.227 e. The molecule has 16 heavy (non-hydrogen) atoms. The number of rotatable bonds is 1. The molecule has 1 aromatic heterocycles. The Bertz CT molecular complexity index is 558. The van der Waals surface area contributed by atoms with Crippen molar-refractivity contribution in [2.45, 2.75) is 0 Å². The second-order valence-electron chi connectivity index (χ2n) is 3.16. The predicted octanol–water partition coefficient (Wildman–Crippen LogP) is 3.52. The van der Waals surface area contributed by atoms with Crippen LogP contribution in [0.1, 0.15) is 5.56 Å². The predicted molar refractivity (Wildman–Crippen MR) is 62.0 cm³/mol. The van der Waals surface area contributed by atoms with Crippen molar-refractivity contribution in [2.24, 2.45) is 0 Å². The summed E-state index contributed by atoms with van der Waals surface area (Å²) >= 11 is 3.04. The summed E-state index contributed by atoms with van der Waals surface area (Å²) in [7, 11) is 0. The van der Waals surface area contributed by atoms with Gasteiger partial charge < -0.3 is 0 Å². The molecule has 0 bridgehead atoms. The van der Waals surface area contributed by atoms with E-state index in [1.807, 2.05) is 6.07 Å². The van der Waals surface area contributed by atoms with Crippen LogP contribution in [0.3, 0.4) is 0 Å². The first-order valence-corrected chi connectivity index (χ1v) is 5.32. The second-order valence-corrected chi connectivity index (χ2v) is 4.01. The van der Waals surface area contributed by atoms with Gasteiger partial charge in [-0.25, -0.2) is 4.98 Å². The molecule has 0 aliphatic rings. The molecule has 0 spiro atoms. The van der Waals surface area contributed by atoms with Gasteiger partial charge >= 0.3 is 0 Å². The molecule has 78 valence electrons. The van der Waals surface area contributed by atoms with Gasteiger partial charge in [-0.3, -0.25) is 0 Å². The van der Waals surface area contributed by atoms with Crippen LogP contribution in [0, 0.1) is 17.3 Å². The lowest BCUT2D eigenvalue weighted by molar-refractivity contribution is 0.578. The van der Waals surface area contributed by atoms with Gasteiger partial charge in [0.05, 0.1) is 21.8 Å². The van der Waals surface area contributed by atoms with Crippen molar-refractivity contribution in [3.05, 3.63) is 52.4 Å². The van der Waals surface area contributed by atoms with E-state index in [1.165, 1.54) is 0 Å². The summed E-state index contributed by atoms with van der Waals surface area (Å²) in [6.45, 7) is 0. The van der Waals surface area contributed by atoms with Gasteiger partial charge in [0.2, 0.25) is 5.95 Å². The Morgan fingerprint density at radius 2 is 1.81 bits per heavy atom. The molecule has 0 fully saturated rings. The van der Waals surface area contributed by atoms with Gasteiger partial charge in [-0.2, -0.15) is 9.65 Å². The Morgan fingerprint density at radius 3 is 2.38 bits per heavy atom. The first kappa shape index (κ1) is 10.8. The normalized spacial score (nSPS) is 9.81. The standard InChI is InChI=1S/C12H6BrFN2/c13-10-5-6-11(16-12(10)14)9-3-1-8(7-15)2-4-9/h1-6H. The van der Waals surface area contributed by atoms with Crippen LogP contribution in [0.2, 0.25) is 0 Å². The van der Waals surface area contributed by atoms with E-state index < -0.39 is 5.95 Å². The number of hydrogen-bond donors (Lipinski definition) is 0. The van der Waals surface area contributed by atoms with Crippen LogP contribution in [-0.4, -0.2) is 4.98 Å². The Hall–Kier alpha value is -1.73. The monoisotopic (exact) mass is 276 g/mol. The van der Waals surface area contributed by atoms with E-state index >= 15 is 0 Å². The first-order valence-electron chi connectivity index (χ1n) is 4.53. The van der Waals surface area contributed by atoms with Crippen molar-refractivity contribution in [2.75, 3.05) is 0 Å². The van der Waals surface area contributed by atoms with E-state index in [4.69, 9.17) is 5.26 Å². The molecule has 0 radical (unpaired) electrons. The van der Waals surface area contributed by atoms with Crippen LogP contribution in [0.25, 0.3) is 11.3 Å². The maximum atomic E-state index is 13.2. The summed E-state index contributed by atoms with van der Waals surface area (Å²) < 4.78 is 13.5. The summed E-state index contributed by atoms with van der Waals surface area (Å²) in [6, 6.07) is 12.2. The van der Waals surface area contributed by atoms with Crippen LogP contribution in [0.5, 0.6) is 0 Å². The highest BCUT2D eigenvalue weighted by atomic mass is 79.9. The molecular formula is C12H6BrFN2. The van der Waals surface area contributed by atoms with Gasteiger partial charge in [-0.15, -0.1) is 0 Å². The second kappa shape index (κ2) is 4.42. The zero-order chi connectivity index (χ0) is 11.5. The molecule has 4 heteroatoms. The van der Waals surface area contributed by atoms with Crippen molar-refractivity contribution >= 4 is 15.9 Å². The third kappa shape index (κ3) is 2.10. The fraction of sp³-hybridized carbons (Fsp3) is 0. The average Bonchev–Trinajstić information content (AvgIpc) is 2.33. The number of nitrogens with zero attached hydrogens (tertiary/aromatic N) is 2. The van der Waals surface area contributed by atoms with Gasteiger partial charge in [0.15, 0.2) is 0 Å². The molecule has 2 rings (SSSR count). The van der Waals surface area contributed by atoms with Gasteiger partial charge in [0.1, 0.15) is 0 Å². The van der Waals surface area contributed by atoms with Crippen molar-refractivity contribution in [3.8, 4) is 17.3 Å². The minimum atomic E-state index is -0.540. The third-order valence-electron chi connectivity index (χ3n) is 2.11. The Kier molecular flexibility index (Phi) is 2.97. The number of nitriles is 1. The van der Waals surface area contributed by atoms with Crippen molar-refractivity contribution < 1.29 is 4.39 Å². The molecule has 1 aromatic carbocycles. The minimum absolute atomic E-state index is 0.338. The Balaban J connectivity index is 2.43. The molecule has 0 N–H and O–H groups in total. The number of pyridine rings is 1. The summed E-state index contributed by atoms with van der Waals surface area (Å²) in [4.78, 5) is 3.80. The summed E-state index contributed by atoms with van der Waals surface area (Å²) in [5.74, 6) is -0.540. The smallest absolute Gasteiger partial charge is 0.219 e. The topological polar surface area (TPSA) is 36.7 Å². The van der Waals surface area contributed by atoms with Crippen molar-refractivity contribution in [3.63, 3.8) is 0 Å². The number of aromatic nitrogens is 1. The lowest BCUT2D eigenvalue weighted by Crippen LogP contribution is -1.89. The molecule has 0 saturated heterocycles. The molecule has 2 nitrogen and oxygen atoms in total. The molecular weight excluding hydrogens is 271 g/mol. The van der Waals surface area contributed by atoms with E-state index in [0.717, 1.165) is 5.56 Å². The van der Waals surface area contributed by atoms with Crippen LogP contribution in [0.15, 0.2) is 40.9 Å². The van der Waals surface area contributed by atoms with Crippen LogP contribution in [0.4, 0.5) is 4.39 Å². The molecule has 0 aliphatic heterocycles. The number of benzene rings is 1. The fourth-order valence-corrected chi connectivity index (χ4v) is 1.51. The van der Waals surface area contributed by atoms with Crippen LogP contribution < -0.4 is 0 Å². The van der Waals surface area contributed by atoms with E-state index in [9.17, 15) is 4.39 Å². The highest BCUT2D eigenvalue weighted by Gasteiger charge is 2.04. The van der Waals surface area contributed by atoms with Gasteiger partial charge in [0, 0.05) is 5.56 Å². The molecule has 2 aromatic rings. The van der Waals surface area contributed by atoms with Gasteiger partial charge in [-0.1, -0.05) is 12.1 Å². The van der Waals surface area contributed by atoms with Gasteiger partial charge in [0.25, 0.3) is 0 Å². The highest BCUT2D eigenvalue weighted by Crippen LogP contribution is 2.21. The van der Waals surface area contributed by atoms with Crippen LogP contribution >= 0.6 is 15.9 Å². The van der Waals surface area contributed by atoms with Gasteiger partial charge in [-0.05, 0) is 40.2 Å². The fourth-order valence-electron chi connectivity index (χ4n) is 1.29. The highest BCUT2D eigenvalue weighted by molar-refractivity contribution is 9.10. The average molecular weight is 277 g/mol. The summed E-state index contributed by atoms with van der Waals surface area (Å²) in [5.41, 5.74) is 1.90. The summed E-state index contributed by atoms with van der Waals surface area (Å²) in [5, 5.41) is 8.65. The molecule has 1 heterocycles. The third-order valence-corrected chi connectivity index (χ3v) is 2.70. The number of hydrogen-bond acceptors (Lipinski definition) is 2. The molecule has 0 amide bonds. The first-order chi connectivity index (χ1) is 7.70. The van der Waals surface area contributed by atoms with E-state index in [2.05, 4.69) is 20.9 Å². The molecule has 0 atom stereocenters. The molecule has 0 unspecified atom stereocenters. The number of halogens is 2. The van der Waals surface area contributed by atoms with Crippen LogP contribution in [-0.2, 0) is 0 Å². The molecule has 0 aliphatic carbocycles. The largest absolute Gasteiger partial charge is 0.227 e. The summed E-state index contributed by atoms with van der Waals surface area (Å²) in [6.07, 6.45) is 0. The van der Waals surface area contributed by atoms with E-state index in [1.54, 1.807) is 36.4 Å². The minimum Gasteiger partial charge on any atom is -0.219 e. The quantitative estimate of drug-likeness (QED) is 0.748. The lowest BCUT2D eigenvalue weighted by Gasteiger charge is -2.01. The maximum absolute atomic E-state index is 13.2. The zero-order valence-electron chi connectivity index (χ0n) is 8.11. The van der Waals surface area contributed by atoms with E-state index in [-0.39, 0.29) is 0 Å². The SMILES string of the molecule is N#Cc1ccc(-c2ccc(Br)c(F)n2)cc1. The zero-order valence-corrected chi connectivity index (χ0v) is 9.70. The van der Waals surface area contributed by atoms with Crippen molar-refractivity contribution in [1.82, 2.24) is 4.98 Å².